The molecule has 1 aromatic heterocycles. The maximum absolute atomic E-state index is 11.8. The Labute approximate surface area is 128 Å². The molecule has 1 aliphatic carbocycles. The van der Waals surface area contributed by atoms with E-state index in [0.717, 1.165) is 19.1 Å². The van der Waals surface area contributed by atoms with Crippen molar-refractivity contribution in [2.45, 2.75) is 45.3 Å². The molecule has 116 valence electrons. The molecule has 1 N–H and O–H groups in total. The first-order valence-corrected chi connectivity index (χ1v) is 7.92. The Kier molecular flexibility index (Phi) is 4.88. The summed E-state index contributed by atoms with van der Waals surface area (Å²) in [6.07, 6.45) is 2.51. The Morgan fingerprint density at radius 1 is 1.52 bits per heavy atom. The smallest absolute Gasteiger partial charge is 0.408 e. The highest BCUT2D eigenvalue weighted by atomic mass is 32.1. The van der Waals surface area contributed by atoms with Crippen molar-refractivity contribution in [2.24, 2.45) is 5.92 Å². The van der Waals surface area contributed by atoms with Crippen molar-refractivity contribution in [2.75, 3.05) is 6.61 Å². The Bertz CT molecular complexity index is 502. The van der Waals surface area contributed by atoms with Gasteiger partial charge in [-0.1, -0.05) is 0 Å². The number of hydrogen-bond acceptors (Lipinski definition) is 5. The van der Waals surface area contributed by atoms with Gasteiger partial charge in [0.25, 0.3) is 0 Å². The molecule has 1 aliphatic rings. The molecule has 1 saturated carbocycles. The Morgan fingerprint density at radius 3 is 2.81 bits per heavy atom. The third-order valence-electron chi connectivity index (χ3n) is 3.08. The van der Waals surface area contributed by atoms with Gasteiger partial charge >= 0.3 is 6.09 Å². The second-order valence-corrected chi connectivity index (χ2v) is 7.12. The second kappa shape index (κ2) is 6.47. The first-order valence-electron chi connectivity index (χ1n) is 7.04. The van der Waals surface area contributed by atoms with Crippen LogP contribution in [-0.2, 0) is 4.74 Å². The van der Waals surface area contributed by atoms with Gasteiger partial charge in [-0.15, -0.1) is 11.3 Å². The lowest BCUT2D eigenvalue weighted by Gasteiger charge is -2.23. The topological polar surface area (TPSA) is 64.6 Å². The summed E-state index contributed by atoms with van der Waals surface area (Å²) in [4.78, 5) is 23.3. The quantitative estimate of drug-likeness (QED) is 0.819. The number of carbonyl (C=O) groups excluding carboxylic acids is 2. The molecule has 1 unspecified atom stereocenters. The maximum Gasteiger partial charge on any atom is 0.408 e. The third kappa shape index (κ3) is 5.04. The summed E-state index contributed by atoms with van der Waals surface area (Å²) in [5.41, 5.74) is -0.517. The van der Waals surface area contributed by atoms with Gasteiger partial charge in [0.1, 0.15) is 22.8 Å². The van der Waals surface area contributed by atoms with E-state index in [2.05, 4.69) is 5.32 Å². The number of carbonyl (C=O) groups is 2. The number of hydrogen-bond donors (Lipinski definition) is 1. The largest absolute Gasteiger partial charge is 0.490 e. The van der Waals surface area contributed by atoms with Crippen molar-refractivity contribution in [3.05, 3.63) is 16.3 Å². The number of thiophene rings is 1. The molecule has 0 aliphatic heterocycles. The predicted octanol–water partition coefficient (Wildman–Crippen LogP) is 3.24. The van der Waals surface area contributed by atoms with Crippen LogP contribution in [0.3, 0.4) is 0 Å². The minimum absolute atomic E-state index is 0.0840. The fourth-order valence-corrected chi connectivity index (χ4v) is 2.58. The highest BCUT2D eigenvalue weighted by molar-refractivity contribution is 7.12. The van der Waals surface area contributed by atoms with E-state index in [0.29, 0.717) is 23.2 Å². The van der Waals surface area contributed by atoms with E-state index >= 15 is 0 Å². The van der Waals surface area contributed by atoms with E-state index in [4.69, 9.17) is 9.47 Å². The van der Waals surface area contributed by atoms with Crippen LogP contribution in [0.5, 0.6) is 5.75 Å². The standard InChI is InChI=1S/C15H21NO4S/c1-15(2,3)20-14(18)16-11(10-4-5-10)9-19-12-6-7-21-13(12)8-17/h6-8,10-11H,4-5,9H2,1-3H3,(H,16,18). The van der Waals surface area contributed by atoms with Gasteiger partial charge in [0.2, 0.25) is 0 Å². The van der Waals surface area contributed by atoms with Crippen LogP contribution in [0.1, 0.15) is 43.3 Å². The van der Waals surface area contributed by atoms with Crippen LogP contribution in [0.4, 0.5) is 4.79 Å². The summed E-state index contributed by atoms with van der Waals surface area (Å²) in [6, 6.07) is 1.69. The lowest BCUT2D eigenvalue weighted by Crippen LogP contribution is -2.43. The van der Waals surface area contributed by atoms with Crippen LogP contribution in [-0.4, -0.2) is 30.6 Å². The molecular weight excluding hydrogens is 290 g/mol. The zero-order valence-electron chi connectivity index (χ0n) is 12.5. The summed E-state index contributed by atoms with van der Waals surface area (Å²) >= 11 is 1.34. The summed E-state index contributed by atoms with van der Waals surface area (Å²) < 4.78 is 10.9. The van der Waals surface area contributed by atoms with Crippen molar-refractivity contribution in [1.29, 1.82) is 0 Å². The van der Waals surface area contributed by atoms with E-state index in [9.17, 15) is 9.59 Å². The SMILES string of the molecule is CC(C)(C)OC(=O)NC(COc1ccsc1C=O)C1CC1. The zero-order valence-corrected chi connectivity index (χ0v) is 13.4. The number of rotatable bonds is 6. The van der Waals surface area contributed by atoms with Crippen LogP contribution in [0, 0.1) is 5.92 Å². The monoisotopic (exact) mass is 311 g/mol. The number of nitrogens with one attached hydrogen (secondary N) is 1. The third-order valence-corrected chi connectivity index (χ3v) is 3.90. The van der Waals surface area contributed by atoms with Gasteiger partial charge in [-0.05, 0) is 51.0 Å². The minimum Gasteiger partial charge on any atom is -0.490 e. The highest BCUT2D eigenvalue weighted by Crippen LogP contribution is 2.33. The van der Waals surface area contributed by atoms with E-state index in [-0.39, 0.29) is 6.04 Å². The van der Waals surface area contributed by atoms with Crippen LogP contribution < -0.4 is 10.1 Å². The average Bonchev–Trinajstić information content (AvgIpc) is 3.11. The Hall–Kier alpha value is -1.56. The molecule has 6 heteroatoms. The molecular formula is C15H21NO4S. The van der Waals surface area contributed by atoms with E-state index in [1.165, 1.54) is 11.3 Å². The predicted molar refractivity (Wildman–Crippen MR) is 81.1 cm³/mol. The lowest BCUT2D eigenvalue weighted by molar-refractivity contribution is 0.0479. The molecule has 0 aromatic carbocycles. The molecule has 0 saturated heterocycles. The summed E-state index contributed by atoms with van der Waals surface area (Å²) in [7, 11) is 0. The van der Waals surface area contributed by atoms with Gasteiger partial charge in [0.15, 0.2) is 6.29 Å². The molecule has 0 spiro atoms. The number of ether oxygens (including phenoxy) is 2. The summed E-state index contributed by atoms with van der Waals surface area (Å²) in [6.45, 7) is 5.84. The van der Waals surface area contributed by atoms with Gasteiger partial charge in [0.05, 0.1) is 6.04 Å². The van der Waals surface area contributed by atoms with E-state index in [1.54, 1.807) is 6.07 Å². The first kappa shape index (κ1) is 15.8. The maximum atomic E-state index is 11.8. The van der Waals surface area contributed by atoms with Crippen molar-refractivity contribution in [3.63, 3.8) is 0 Å². The van der Waals surface area contributed by atoms with E-state index < -0.39 is 11.7 Å². The number of aldehydes is 1. The normalized spacial score (nSPS) is 16.1. The molecule has 1 amide bonds. The molecule has 1 atom stereocenters. The van der Waals surface area contributed by atoms with Gasteiger partial charge in [-0.2, -0.15) is 0 Å². The summed E-state index contributed by atoms with van der Waals surface area (Å²) in [5, 5.41) is 4.68. The summed E-state index contributed by atoms with van der Waals surface area (Å²) in [5.74, 6) is 1.00. The fraction of sp³-hybridized carbons (Fsp3) is 0.600. The zero-order chi connectivity index (χ0) is 15.5. The van der Waals surface area contributed by atoms with Crippen molar-refractivity contribution < 1.29 is 19.1 Å². The Balaban J connectivity index is 1.88. The Morgan fingerprint density at radius 2 is 2.24 bits per heavy atom. The minimum atomic E-state index is -0.517. The highest BCUT2D eigenvalue weighted by Gasteiger charge is 2.34. The fourth-order valence-electron chi connectivity index (χ4n) is 1.95. The lowest BCUT2D eigenvalue weighted by atomic mass is 10.2. The average molecular weight is 311 g/mol. The van der Waals surface area contributed by atoms with Crippen molar-refractivity contribution in [3.8, 4) is 5.75 Å². The molecule has 1 heterocycles. The van der Waals surface area contributed by atoms with Crippen LogP contribution in [0.25, 0.3) is 0 Å². The second-order valence-electron chi connectivity index (χ2n) is 6.17. The van der Waals surface area contributed by atoms with Crippen LogP contribution in [0.2, 0.25) is 0 Å². The first-order chi connectivity index (χ1) is 9.89. The van der Waals surface area contributed by atoms with Gasteiger partial charge < -0.3 is 14.8 Å². The van der Waals surface area contributed by atoms with Gasteiger partial charge in [-0.3, -0.25) is 4.79 Å². The van der Waals surface area contributed by atoms with Crippen LogP contribution in [0.15, 0.2) is 11.4 Å². The van der Waals surface area contributed by atoms with E-state index in [1.807, 2.05) is 26.2 Å². The number of amides is 1. The molecule has 5 nitrogen and oxygen atoms in total. The molecule has 0 radical (unpaired) electrons. The van der Waals surface area contributed by atoms with Gasteiger partial charge in [-0.25, -0.2) is 4.79 Å². The number of alkyl carbamates (subject to hydrolysis) is 1. The van der Waals surface area contributed by atoms with Crippen LogP contribution >= 0.6 is 11.3 Å². The molecule has 2 rings (SSSR count). The molecule has 1 fully saturated rings. The molecule has 21 heavy (non-hydrogen) atoms. The van der Waals surface area contributed by atoms with Crippen molar-refractivity contribution in [1.82, 2.24) is 5.32 Å². The molecule has 1 aromatic rings. The molecule has 0 bridgehead atoms. The van der Waals surface area contributed by atoms with Crippen molar-refractivity contribution >= 4 is 23.7 Å². The van der Waals surface area contributed by atoms with Gasteiger partial charge in [0, 0.05) is 0 Å².